The van der Waals surface area contributed by atoms with Crippen molar-refractivity contribution in [1.82, 2.24) is 5.16 Å². The van der Waals surface area contributed by atoms with Crippen molar-refractivity contribution in [3.8, 4) is 11.3 Å². The van der Waals surface area contributed by atoms with Gasteiger partial charge in [0.2, 0.25) is 5.91 Å². The summed E-state index contributed by atoms with van der Waals surface area (Å²) >= 11 is 12.2. The number of benzene rings is 2. The third-order valence-corrected chi connectivity index (χ3v) is 5.26. The van der Waals surface area contributed by atoms with Crippen molar-refractivity contribution >= 4 is 34.8 Å². The van der Waals surface area contributed by atoms with E-state index in [0.29, 0.717) is 27.2 Å². The van der Waals surface area contributed by atoms with Crippen molar-refractivity contribution in [2.75, 3.05) is 5.32 Å². The number of nitrogens with zero attached hydrogens (tertiary/aromatic N) is 1. The van der Waals surface area contributed by atoms with Crippen LogP contribution < -0.4 is 5.32 Å². The van der Waals surface area contributed by atoms with Crippen molar-refractivity contribution in [3.63, 3.8) is 0 Å². The molecule has 0 unspecified atom stereocenters. The van der Waals surface area contributed by atoms with E-state index in [-0.39, 0.29) is 5.91 Å². The number of anilines is 1. The molecule has 1 aromatic heterocycles. The van der Waals surface area contributed by atoms with Crippen LogP contribution in [0.5, 0.6) is 0 Å². The molecular weight excluding hydrogens is 359 g/mol. The fourth-order valence-corrected chi connectivity index (χ4v) is 3.15. The Bertz CT molecular complexity index is 934. The van der Waals surface area contributed by atoms with Gasteiger partial charge in [0.05, 0.1) is 26.8 Å². The molecule has 0 saturated heterocycles. The monoisotopic (exact) mass is 372 g/mol. The average Bonchev–Trinajstić information content (AvgIpc) is 3.30. The van der Waals surface area contributed by atoms with E-state index in [4.69, 9.17) is 27.7 Å². The molecule has 0 atom stereocenters. The van der Waals surface area contributed by atoms with Gasteiger partial charge >= 0.3 is 0 Å². The Morgan fingerprint density at radius 3 is 2.56 bits per heavy atom. The Balaban J connectivity index is 1.59. The van der Waals surface area contributed by atoms with Crippen molar-refractivity contribution in [2.45, 2.75) is 18.3 Å². The molecule has 1 aliphatic carbocycles. The minimum Gasteiger partial charge on any atom is -0.356 e. The highest BCUT2D eigenvalue weighted by molar-refractivity contribution is 6.44. The van der Waals surface area contributed by atoms with Gasteiger partial charge in [0, 0.05) is 11.6 Å². The molecule has 1 fully saturated rings. The molecule has 1 heterocycles. The van der Waals surface area contributed by atoms with E-state index >= 15 is 0 Å². The highest BCUT2D eigenvalue weighted by Crippen LogP contribution is 2.49. The summed E-state index contributed by atoms with van der Waals surface area (Å²) in [6.45, 7) is 0. The summed E-state index contributed by atoms with van der Waals surface area (Å²) in [5, 5.41) is 7.73. The van der Waals surface area contributed by atoms with Gasteiger partial charge < -0.3 is 9.84 Å². The van der Waals surface area contributed by atoms with Gasteiger partial charge in [0.1, 0.15) is 0 Å². The highest BCUT2D eigenvalue weighted by atomic mass is 35.5. The maximum absolute atomic E-state index is 12.8. The first-order valence-electron chi connectivity index (χ1n) is 7.88. The van der Waals surface area contributed by atoms with Crippen molar-refractivity contribution < 1.29 is 9.32 Å². The van der Waals surface area contributed by atoms with Gasteiger partial charge in [0.15, 0.2) is 5.76 Å². The number of hydrogen-bond donors (Lipinski definition) is 1. The van der Waals surface area contributed by atoms with Crippen molar-refractivity contribution in [3.05, 3.63) is 70.3 Å². The largest absolute Gasteiger partial charge is 0.356 e. The molecule has 0 radical (unpaired) electrons. The molecule has 1 saturated carbocycles. The number of aromatic nitrogens is 1. The Morgan fingerprint density at radius 2 is 1.84 bits per heavy atom. The standard InChI is InChI=1S/C19H14Cl2N2O2/c20-13-7-4-8-14(17(13)21)22-18(24)19(9-10-19)16-11-15(25-23-16)12-5-2-1-3-6-12/h1-8,11H,9-10H2,(H,22,24). The third kappa shape index (κ3) is 2.92. The second-order valence-corrected chi connectivity index (χ2v) is 6.87. The Labute approximate surface area is 154 Å². The number of nitrogens with one attached hydrogen (secondary N) is 1. The molecule has 0 bridgehead atoms. The summed E-state index contributed by atoms with van der Waals surface area (Å²) in [6.07, 6.45) is 1.44. The summed E-state index contributed by atoms with van der Waals surface area (Å²) in [5.74, 6) is 0.500. The Morgan fingerprint density at radius 1 is 1.08 bits per heavy atom. The van der Waals surface area contributed by atoms with Gasteiger partial charge in [-0.05, 0) is 25.0 Å². The lowest BCUT2D eigenvalue weighted by Gasteiger charge is -2.13. The SMILES string of the molecule is O=C(Nc1cccc(Cl)c1Cl)C1(c2cc(-c3ccccc3)on2)CC1. The van der Waals surface area contributed by atoms with Crippen LogP contribution in [-0.2, 0) is 10.2 Å². The molecular formula is C19H14Cl2N2O2. The number of carbonyl (C=O) groups is 1. The average molecular weight is 373 g/mol. The summed E-state index contributed by atoms with van der Waals surface area (Å²) in [5.41, 5.74) is 1.40. The molecule has 4 rings (SSSR count). The first-order chi connectivity index (χ1) is 12.1. The lowest BCUT2D eigenvalue weighted by atomic mass is 10.00. The molecule has 1 amide bonds. The van der Waals surface area contributed by atoms with Gasteiger partial charge in [0.25, 0.3) is 0 Å². The van der Waals surface area contributed by atoms with E-state index in [9.17, 15) is 4.79 Å². The topological polar surface area (TPSA) is 55.1 Å². The molecule has 1 N–H and O–H groups in total. The van der Waals surface area contributed by atoms with Crippen molar-refractivity contribution in [1.29, 1.82) is 0 Å². The van der Waals surface area contributed by atoms with Crippen LogP contribution in [0.4, 0.5) is 5.69 Å². The van der Waals surface area contributed by atoms with Crippen LogP contribution in [0.2, 0.25) is 10.0 Å². The van der Waals surface area contributed by atoms with E-state index in [1.807, 2.05) is 36.4 Å². The first-order valence-corrected chi connectivity index (χ1v) is 8.64. The van der Waals surface area contributed by atoms with Gasteiger partial charge in [-0.15, -0.1) is 0 Å². The fraction of sp³-hybridized carbons (Fsp3) is 0.158. The summed E-state index contributed by atoms with van der Waals surface area (Å²) in [4.78, 5) is 12.8. The lowest BCUT2D eigenvalue weighted by molar-refractivity contribution is -0.118. The molecule has 1 aliphatic rings. The smallest absolute Gasteiger partial charge is 0.236 e. The van der Waals surface area contributed by atoms with Crippen molar-refractivity contribution in [2.24, 2.45) is 0 Å². The minimum atomic E-state index is -0.665. The Hall–Kier alpha value is -2.30. The zero-order valence-electron chi connectivity index (χ0n) is 13.1. The minimum absolute atomic E-state index is 0.149. The zero-order chi connectivity index (χ0) is 17.4. The van der Waals surface area contributed by atoms with Crippen LogP contribution in [-0.4, -0.2) is 11.1 Å². The maximum Gasteiger partial charge on any atom is 0.236 e. The fourth-order valence-electron chi connectivity index (χ4n) is 2.81. The number of rotatable bonds is 4. The summed E-state index contributed by atoms with van der Waals surface area (Å²) < 4.78 is 5.44. The van der Waals surface area contributed by atoms with Gasteiger partial charge in [-0.25, -0.2) is 0 Å². The molecule has 3 aromatic rings. The normalized spacial score (nSPS) is 15.0. The van der Waals surface area contributed by atoms with Gasteiger partial charge in [-0.3, -0.25) is 4.79 Å². The molecule has 0 spiro atoms. The van der Waals surface area contributed by atoms with Crippen LogP contribution in [0.15, 0.2) is 59.1 Å². The second kappa shape index (κ2) is 6.21. The molecule has 25 heavy (non-hydrogen) atoms. The predicted octanol–water partition coefficient (Wildman–Crippen LogP) is 5.32. The quantitative estimate of drug-likeness (QED) is 0.674. The predicted molar refractivity (Wildman–Crippen MR) is 97.9 cm³/mol. The first kappa shape index (κ1) is 16.2. The maximum atomic E-state index is 12.8. The van der Waals surface area contributed by atoms with Crippen LogP contribution in [0, 0.1) is 0 Å². The molecule has 126 valence electrons. The van der Waals surface area contributed by atoms with E-state index in [1.54, 1.807) is 18.2 Å². The molecule has 2 aromatic carbocycles. The molecule has 6 heteroatoms. The van der Waals surface area contributed by atoms with E-state index in [1.165, 1.54) is 0 Å². The van der Waals surface area contributed by atoms with Gasteiger partial charge in [-0.2, -0.15) is 0 Å². The zero-order valence-corrected chi connectivity index (χ0v) is 14.6. The third-order valence-electron chi connectivity index (χ3n) is 4.44. The number of hydrogen-bond acceptors (Lipinski definition) is 3. The van der Waals surface area contributed by atoms with Gasteiger partial charge in [-0.1, -0.05) is 64.8 Å². The second-order valence-electron chi connectivity index (χ2n) is 6.08. The lowest BCUT2D eigenvalue weighted by Crippen LogP contribution is -2.28. The number of halogens is 2. The van der Waals surface area contributed by atoms with E-state index < -0.39 is 5.41 Å². The summed E-state index contributed by atoms with van der Waals surface area (Å²) in [7, 11) is 0. The molecule has 4 nitrogen and oxygen atoms in total. The molecule has 0 aliphatic heterocycles. The van der Waals surface area contributed by atoms with Crippen LogP contribution in [0.3, 0.4) is 0 Å². The highest BCUT2D eigenvalue weighted by Gasteiger charge is 2.54. The van der Waals surface area contributed by atoms with Crippen LogP contribution in [0.1, 0.15) is 18.5 Å². The Kier molecular flexibility index (Phi) is 4.02. The summed E-state index contributed by atoms with van der Waals surface area (Å²) in [6, 6.07) is 16.7. The van der Waals surface area contributed by atoms with Crippen LogP contribution in [0.25, 0.3) is 11.3 Å². The van der Waals surface area contributed by atoms with E-state index in [0.717, 1.165) is 18.4 Å². The number of carbonyl (C=O) groups excluding carboxylic acids is 1. The van der Waals surface area contributed by atoms with E-state index in [2.05, 4.69) is 10.5 Å². The van der Waals surface area contributed by atoms with Crippen LogP contribution >= 0.6 is 23.2 Å². The number of amides is 1.